The van der Waals surface area contributed by atoms with Crippen molar-refractivity contribution in [2.24, 2.45) is 0 Å². The van der Waals surface area contributed by atoms with E-state index in [0.29, 0.717) is 15.9 Å². The van der Waals surface area contributed by atoms with Gasteiger partial charge in [0.05, 0.1) is 0 Å². The predicted octanol–water partition coefficient (Wildman–Crippen LogP) is 13.6. The highest BCUT2D eigenvalue weighted by Gasteiger charge is 2.35. The summed E-state index contributed by atoms with van der Waals surface area (Å²) < 4.78 is 0. The number of rotatable bonds is 15. The standard InChI is InChI=1S/C42H86B3N/c1-5-6-33-40(2,43-41(3)35-27-21-17-13-10-8-7-9-11-14-18-22-28-36-41)34-29-25-26-32-39-46-45-44-42(4)37-30-23-19-15-12-16-20-24-31-38-42/h43-46H,5-39H2,1-4H3. The second-order valence-electron chi connectivity index (χ2n) is 18.2. The molecular formula is C42H86B3N. The lowest BCUT2D eigenvalue weighted by Gasteiger charge is -2.40. The molecule has 1 unspecified atom stereocenters. The fourth-order valence-electron chi connectivity index (χ4n) is 9.67. The van der Waals surface area contributed by atoms with Crippen LogP contribution in [0, 0.1) is 0 Å². The lowest BCUT2D eigenvalue weighted by atomic mass is 9.32. The maximum Gasteiger partial charge on any atom is 0.162 e. The van der Waals surface area contributed by atoms with Crippen molar-refractivity contribution in [2.45, 2.75) is 262 Å². The van der Waals surface area contributed by atoms with Gasteiger partial charge in [0.15, 0.2) is 7.31 Å². The molecule has 0 aromatic carbocycles. The van der Waals surface area contributed by atoms with Gasteiger partial charge in [-0.25, -0.2) is 0 Å². The maximum absolute atomic E-state index is 3.88. The van der Waals surface area contributed by atoms with Crippen molar-refractivity contribution >= 4 is 21.8 Å². The van der Waals surface area contributed by atoms with Gasteiger partial charge in [0.25, 0.3) is 0 Å². The molecule has 46 heavy (non-hydrogen) atoms. The number of nitrogens with one attached hydrogen (secondary N) is 1. The molecule has 268 valence electrons. The molecule has 0 bridgehead atoms. The van der Waals surface area contributed by atoms with Gasteiger partial charge in [-0.2, -0.15) is 0 Å². The Bertz CT molecular complexity index is 656. The first-order chi connectivity index (χ1) is 22.4. The van der Waals surface area contributed by atoms with Crippen molar-refractivity contribution < 1.29 is 0 Å². The zero-order chi connectivity index (χ0) is 33.1. The minimum absolute atomic E-state index is 0.549. The quantitative estimate of drug-likeness (QED) is 0.139. The molecule has 1 N–H and O–H groups in total. The fourth-order valence-corrected chi connectivity index (χ4v) is 9.67. The molecule has 0 spiro atoms. The Balaban J connectivity index is 1.72. The summed E-state index contributed by atoms with van der Waals surface area (Å²) in [7, 11) is 4.12. The van der Waals surface area contributed by atoms with Gasteiger partial charge < -0.3 is 5.23 Å². The first-order valence-electron chi connectivity index (χ1n) is 22.1. The van der Waals surface area contributed by atoms with E-state index < -0.39 is 0 Å². The van der Waals surface area contributed by atoms with Gasteiger partial charge in [-0.15, -0.1) is 0 Å². The van der Waals surface area contributed by atoms with Crippen LogP contribution in [-0.4, -0.2) is 28.3 Å². The molecule has 0 aliphatic heterocycles. The zero-order valence-electron chi connectivity index (χ0n) is 32.9. The highest BCUT2D eigenvalue weighted by molar-refractivity contribution is 7.00. The van der Waals surface area contributed by atoms with E-state index in [-0.39, 0.29) is 0 Å². The molecular weight excluding hydrogens is 551 g/mol. The fraction of sp³-hybridized carbons (Fsp3) is 1.00. The van der Waals surface area contributed by atoms with Gasteiger partial charge in [0, 0.05) is 0 Å². The average molecular weight is 638 g/mol. The molecule has 2 fully saturated rings. The van der Waals surface area contributed by atoms with Crippen LogP contribution in [0.25, 0.3) is 0 Å². The Labute approximate surface area is 294 Å². The van der Waals surface area contributed by atoms with Gasteiger partial charge in [-0.05, 0) is 13.0 Å². The molecule has 0 aromatic rings. The first kappa shape index (κ1) is 42.3. The third-order valence-corrected chi connectivity index (χ3v) is 12.9. The summed E-state index contributed by atoms with van der Waals surface area (Å²) in [6.07, 6.45) is 49.9. The molecule has 0 amide bonds. The first-order valence-corrected chi connectivity index (χ1v) is 22.1. The van der Waals surface area contributed by atoms with Crippen LogP contribution in [0.1, 0.15) is 246 Å². The summed E-state index contributed by atoms with van der Waals surface area (Å²) in [6, 6.07) is 0. The maximum atomic E-state index is 3.88. The molecule has 2 aliphatic rings. The molecule has 0 radical (unpaired) electrons. The van der Waals surface area contributed by atoms with E-state index in [1.807, 2.05) is 0 Å². The highest BCUT2D eigenvalue weighted by atomic mass is 14.7. The zero-order valence-corrected chi connectivity index (χ0v) is 32.9. The molecule has 0 heterocycles. The third kappa shape index (κ3) is 22.0. The lowest BCUT2D eigenvalue weighted by Crippen LogP contribution is -2.33. The van der Waals surface area contributed by atoms with Gasteiger partial charge in [0.2, 0.25) is 0 Å². The molecule has 0 saturated heterocycles. The van der Waals surface area contributed by atoms with Crippen LogP contribution in [0.5, 0.6) is 0 Å². The molecule has 4 heteroatoms. The van der Waals surface area contributed by atoms with E-state index in [2.05, 4.69) is 32.9 Å². The van der Waals surface area contributed by atoms with Crippen molar-refractivity contribution in [3.63, 3.8) is 0 Å². The van der Waals surface area contributed by atoms with Crippen LogP contribution in [0.15, 0.2) is 0 Å². The second kappa shape index (κ2) is 26.9. The van der Waals surface area contributed by atoms with Crippen LogP contribution in [0.4, 0.5) is 0 Å². The molecule has 1 nitrogen and oxygen atoms in total. The molecule has 1 atom stereocenters. The molecule has 2 saturated carbocycles. The van der Waals surface area contributed by atoms with E-state index >= 15 is 0 Å². The Morgan fingerprint density at radius 3 is 1.28 bits per heavy atom. The van der Waals surface area contributed by atoms with E-state index in [9.17, 15) is 0 Å². The topological polar surface area (TPSA) is 12.0 Å². The Morgan fingerprint density at radius 1 is 0.478 bits per heavy atom. The predicted molar refractivity (Wildman–Crippen MR) is 217 cm³/mol. The van der Waals surface area contributed by atoms with Crippen molar-refractivity contribution in [2.75, 3.05) is 6.54 Å². The summed E-state index contributed by atoms with van der Waals surface area (Å²) in [5.74, 6) is 0. The summed E-state index contributed by atoms with van der Waals surface area (Å²) in [4.78, 5) is 0. The Hall–Kier alpha value is 0.155. The van der Waals surface area contributed by atoms with Gasteiger partial charge in [-0.3, -0.25) is 0 Å². The average Bonchev–Trinajstić information content (AvgIpc) is 3.02. The summed E-state index contributed by atoms with van der Waals surface area (Å²) in [5, 5.41) is 5.57. The van der Waals surface area contributed by atoms with Crippen LogP contribution in [0.3, 0.4) is 0 Å². The SMILES string of the molecule is CCCCC(C)(BC1(C)CCCCCCCCCCCCCCC1)CCCCCCNBBC1(C)CCCCCCCCCCC1. The lowest BCUT2D eigenvalue weighted by molar-refractivity contribution is 0.402. The van der Waals surface area contributed by atoms with Gasteiger partial charge in [0.1, 0.15) is 14.4 Å². The minimum atomic E-state index is 0.549. The second-order valence-corrected chi connectivity index (χ2v) is 18.2. The number of hydrogen-bond acceptors (Lipinski definition) is 1. The van der Waals surface area contributed by atoms with Crippen LogP contribution in [0.2, 0.25) is 15.9 Å². The normalized spacial score (nSPS) is 23.2. The summed E-state index contributed by atoms with van der Waals surface area (Å²) >= 11 is 0. The molecule has 0 aromatic heterocycles. The minimum Gasteiger partial charge on any atom is -0.366 e. The van der Waals surface area contributed by atoms with E-state index in [4.69, 9.17) is 0 Å². The van der Waals surface area contributed by atoms with Crippen LogP contribution >= 0.6 is 0 Å². The van der Waals surface area contributed by atoms with Crippen molar-refractivity contribution in [3.05, 3.63) is 0 Å². The van der Waals surface area contributed by atoms with Crippen molar-refractivity contribution in [1.29, 1.82) is 0 Å². The van der Waals surface area contributed by atoms with Crippen LogP contribution < -0.4 is 5.23 Å². The molecule has 2 rings (SSSR count). The largest absolute Gasteiger partial charge is 0.366 e. The van der Waals surface area contributed by atoms with Crippen LogP contribution in [-0.2, 0) is 0 Å². The van der Waals surface area contributed by atoms with E-state index in [1.54, 1.807) is 0 Å². The monoisotopic (exact) mass is 638 g/mol. The smallest absolute Gasteiger partial charge is 0.162 e. The van der Waals surface area contributed by atoms with Gasteiger partial charge in [-0.1, -0.05) is 256 Å². The molecule has 2 aliphatic carbocycles. The third-order valence-electron chi connectivity index (χ3n) is 12.9. The summed E-state index contributed by atoms with van der Waals surface area (Å²) in [5.41, 5.74) is 0. The van der Waals surface area contributed by atoms with E-state index in [0.717, 1.165) is 0 Å². The van der Waals surface area contributed by atoms with E-state index in [1.165, 1.54) is 247 Å². The van der Waals surface area contributed by atoms with Gasteiger partial charge >= 0.3 is 0 Å². The number of hydrogen-bond donors (Lipinski definition) is 1. The summed E-state index contributed by atoms with van der Waals surface area (Å²) in [6.45, 7) is 11.7. The Morgan fingerprint density at radius 2 is 0.848 bits per heavy atom. The van der Waals surface area contributed by atoms with Crippen molar-refractivity contribution in [1.82, 2.24) is 5.23 Å². The van der Waals surface area contributed by atoms with Crippen molar-refractivity contribution in [3.8, 4) is 0 Å². The number of unbranched alkanes of at least 4 members (excludes halogenated alkanes) is 4. The highest BCUT2D eigenvalue weighted by Crippen LogP contribution is 2.49. The Kier molecular flexibility index (Phi) is 24.8.